The molecule has 0 saturated carbocycles. The Labute approximate surface area is 108 Å². The molecule has 0 aromatic heterocycles. The van der Waals surface area contributed by atoms with Gasteiger partial charge in [0, 0.05) is 5.02 Å². The Morgan fingerprint density at radius 1 is 1.39 bits per heavy atom. The monoisotopic (exact) mass is 280 g/mol. The van der Waals surface area contributed by atoms with Crippen molar-refractivity contribution in [1.29, 1.82) is 0 Å². The molecule has 0 heterocycles. The second-order valence-electron chi connectivity index (χ2n) is 3.77. The van der Waals surface area contributed by atoms with Gasteiger partial charge in [0.2, 0.25) is 0 Å². The Morgan fingerprint density at radius 2 is 1.94 bits per heavy atom. The van der Waals surface area contributed by atoms with E-state index in [1.807, 2.05) is 0 Å². The molecule has 0 unspecified atom stereocenters. The number of carbonyl (C=O) groups is 1. The van der Waals surface area contributed by atoms with E-state index in [4.69, 9.17) is 16.3 Å². The van der Waals surface area contributed by atoms with Gasteiger partial charge in [-0.3, -0.25) is 4.79 Å². The molecule has 0 aliphatic rings. The van der Waals surface area contributed by atoms with Gasteiger partial charge in [-0.05, 0) is 38.0 Å². The van der Waals surface area contributed by atoms with Crippen molar-refractivity contribution >= 4 is 17.4 Å². The average Bonchev–Trinajstić information content (AvgIpc) is 2.25. The summed E-state index contributed by atoms with van der Waals surface area (Å²) in [6.07, 6.45) is -4.95. The van der Waals surface area contributed by atoms with Crippen LogP contribution in [0.3, 0.4) is 0 Å². The van der Waals surface area contributed by atoms with E-state index in [1.165, 1.54) is 13.0 Å². The van der Waals surface area contributed by atoms with Gasteiger partial charge in [0.25, 0.3) is 5.78 Å². The first kappa shape index (κ1) is 14.8. The average molecular weight is 281 g/mol. The van der Waals surface area contributed by atoms with E-state index in [-0.39, 0.29) is 22.9 Å². The Balaban J connectivity index is 3.49. The first-order chi connectivity index (χ1) is 8.20. The molecule has 2 nitrogen and oxygen atoms in total. The number of aryl methyl sites for hydroxylation is 1. The number of rotatable bonds is 3. The molecule has 0 amide bonds. The van der Waals surface area contributed by atoms with Crippen molar-refractivity contribution in [2.24, 2.45) is 0 Å². The predicted octanol–water partition coefficient (Wildman–Crippen LogP) is 4.10. The van der Waals surface area contributed by atoms with E-state index in [9.17, 15) is 18.0 Å². The fourth-order valence-corrected chi connectivity index (χ4v) is 1.76. The number of ketones is 1. The minimum Gasteiger partial charge on any atom is -0.493 e. The number of ether oxygens (including phenoxy) is 1. The lowest BCUT2D eigenvalue weighted by Crippen LogP contribution is -2.24. The molecule has 0 radical (unpaired) electrons. The van der Waals surface area contributed by atoms with E-state index in [0.29, 0.717) is 5.56 Å². The lowest BCUT2D eigenvalue weighted by atomic mass is 10.00. The van der Waals surface area contributed by atoms with E-state index in [0.717, 1.165) is 0 Å². The van der Waals surface area contributed by atoms with Crippen molar-refractivity contribution in [3.63, 3.8) is 0 Å². The molecular weight excluding hydrogens is 269 g/mol. The molecule has 0 atom stereocenters. The summed E-state index contributed by atoms with van der Waals surface area (Å²) >= 11 is 5.87. The zero-order valence-electron chi connectivity index (χ0n) is 10.1. The second kappa shape index (κ2) is 5.18. The smallest absolute Gasteiger partial charge is 0.455 e. The zero-order valence-corrected chi connectivity index (χ0v) is 10.9. The molecule has 1 aromatic rings. The Bertz CT molecular complexity index is 481. The third kappa shape index (κ3) is 2.77. The Hall–Kier alpha value is -1.23. The van der Waals surface area contributed by atoms with Crippen LogP contribution in [-0.2, 0) is 0 Å². The third-order valence-electron chi connectivity index (χ3n) is 2.43. The largest absolute Gasteiger partial charge is 0.493 e. The normalized spacial score (nSPS) is 11.5. The van der Waals surface area contributed by atoms with E-state index in [1.54, 1.807) is 13.8 Å². The molecule has 0 N–H and O–H groups in total. The predicted molar refractivity (Wildman–Crippen MR) is 62.5 cm³/mol. The van der Waals surface area contributed by atoms with Gasteiger partial charge in [0.1, 0.15) is 5.75 Å². The van der Waals surface area contributed by atoms with Crippen molar-refractivity contribution in [3.05, 3.63) is 27.8 Å². The van der Waals surface area contributed by atoms with Crippen molar-refractivity contribution in [3.8, 4) is 5.75 Å². The van der Waals surface area contributed by atoms with E-state index in [2.05, 4.69) is 0 Å². The Morgan fingerprint density at radius 3 is 2.39 bits per heavy atom. The number of Topliss-reactive ketones (excluding diaryl/α,β-unsaturated/α-hetero) is 1. The minimum atomic E-state index is -4.95. The third-order valence-corrected chi connectivity index (χ3v) is 3.01. The first-order valence-electron chi connectivity index (χ1n) is 5.24. The standard InChI is InChI=1S/C12H12ClF3O2/c1-4-18-8-5-6(2)10(13)7(3)9(8)11(17)12(14,15)16/h5H,4H2,1-3H3. The topological polar surface area (TPSA) is 26.3 Å². The SMILES string of the molecule is CCOc1cc(C)c(Cl)c(C)c1C(=O)C(F)(F)F. The molecule has 0 saturated heterocycles. The number of carbonyl (C=O) groups excluding carboxylic acids is 1. The van der Waals surface area contributed by atoms with Crippen LogP contribution in [0, 0.1) is 13.8 Å². The van der Waals surface area contributed by atoms with Crippen LogP contribution in [0.5, 0.6) is 5.75 Å². The highest BCUT2D eigenvalue weighted by atomic mass is 35.5. The van der Waals surface area contributed by atoms with Crippen LogP contribution >= 0.6 is 11.6 Å². The van der Waals surface area contributed by atoms with Gasteiger partial charge in [-0.25, -0.2) is 0 Å². The molecule has 0 spiro atoms. The van der Waals surface area contributed by atoms with E-state index < -0.39 is 17.5 Å². The van der Waals surface area contributed by atoms with Gasteiger partial charge in [-0.2, -0.15) is 13.2 Å². The summed E-state index contributed by atoms with van der Waals surface area (Å²) in [4.78, 5) is 11.4. The number of hydrogen-bond donors (Lipinski definition) is 0. The maximum Gasteiger partial charge on any atom is 0.455 e. The Kier molecular flexibility index (Phi) is 4.27. The van der Waals surface area contributed by atoms with Crippen molar-refractivity contribution in [1.82, 2.24) is 0 Å². The number of halogens is 4. The van der Waals surface area contributed by atoms with Crippen molar-refractivity contribution in [2.45, 2.75) is 26.9 Å². The molecule has 0 aliphatic heterocycles. The highest BCUT2D eigenvalue weighted by Gasteiger charge is 2.42. The lowest BCUT2D eigenvalue weighted by molar-refractivity contribution is -0.0887. The molecule has 0 aliphatic carbocycles. The van der Waals surface area contributed by atoms with Crippen LogP contribution < -0.4 is 4.74 Å². The summed E-state index contributed by atoms with van der Waals surface area (Å²) in [5.74, 6) is -2.02. The lowest BCUT2D eigenvalue weighted by Gasteiger charge is -2.16. The molecule has 1 rings (SSSR count). The summed E-state index contributed by atoms with van der Waals surface area (Å²) in [5.41, 5.74) is 0.138. The minimum absolute atomic E-state index is 0.0841. The molecule has 100 valence electrons. The van der Waals surface area contributed by atoms with Crippen LogP contribution in [0.25, 0.3) is 0 Å². The molecule has 1 aromatic carbocycles. The van der Waals surface area contributed by atoms with Crippen LogP contribution in [0.4, 0.5) is 13.2 Å². The van der Waals surface area contributed by atoms with Crippen molar-refractivity contribution in [2.75, 3.05) is 6.61 Å². The van der Waals surface area contributed by atoms with Gasteiger partial charge < -0.3 is 4.74 Å². The summed E-state index contributed by atoms with van der Waals surface area (Å²) in [6.45, 7) is 4.80. The van der Waals surface area contributed by atoms with Crippen molar-refractivity contribution < 1.29 is 22.7 Å². The maximum absolute atomic E-state index is 12.5. The maximum atomic E-state index is 12.5. The second-order valence-corrected chi connectivity index (χ2v) is 4.14. The number of benzene rings is 1. The summed E-state index contributed by atoms with van der Waals surface area (Å²) in [6, 6.07) is 1.35. The summed E-state index contributed by atoms with van der Waals surface area (Å²) in [5, 5.41) is 0.144. The van der Waals surface area contributed by atoms with Gasteiger partial charge in [-0.15, -0.1) is 0 Å². The fraction of sp³-hybridized carbons (Fsp3) is 0.417. The van der Waals surface area contributed by atoms with Crippen LogP contribution in [-0.4, -0.2) is 18.6 Å². The summed E-state index contributed by atoms with van der Waals surface area (Å²) in [7, 11) is 0. The quantitative estimate of drug-likeness (QED) is 0.779. The van der Waals surface area contributed by atoms with Crippen LogP contribution in [0.1, 0.15) is 28.4 Å². The molecule has 18 heavy (non-hydrogen) atoms. The molecular formula is C12H12ClF3O2. The fourth-order valence-electron chi connectivity index (χ4n) is 1.62. The van der Waals surface area contributed by atoms with Gasteiger partial charge >= 0.3 is 6.18 Å². The van der Waals surface area contributed by atoms with Crippen LogP contribution in [0.2, 0.25) is 5.02 Å². The van der Waals surface area contributed by atoms with Gasteiger partial charge in [-0.1, -0.05) is 11.6 Å². The van der Waals surface area contributed by atoms with E-state index >= 15 is 0 Å². The van der Waals surface area contributed by atoms with Crippen LogP contribution in [0.15, 0.2) is 6.07 Å². The molecule has 0 fully saturated rings. The number of hydrogen-bond acceptors (Lipinski definition) is 2. The first-order valence-corrected chi connectivity index (χ1v) is 5.62. The highest BCUT2D eigenvalue weighted by Crippen LogP contribution is 2.35. The van der Waals surface area contributed by atoms with Gasteiger partial charge in [0.05, 0.1) is 12.2 Å². The molecule has 0 bridgehead atoms. The zero-order chi connectivity index (χ0) is 14.1. The number of alkyl halides is 3. The molecule has 6 heteroatoms. The summed E-state index contributed by atoms with van der Waals surface area (Å²) < 4.78 is 42.6. The van der Waals surface area contributed by atoms with Gasteiger partial charge in [0.15, 0.2) is 0 Å². The highest BCUT2D eigenvalue weighted by molar-refractivity contribution is 6.32.